The van der Waals surface area contributed by atoms with Gasteiger partial charge < -0.3 is 4.57 Å². The molecule has 0 unspecified atom stereocenters. The quantitative estimate of drug-likeness (QED) is 0.207. The van der Waals surface area contributed by atoms with E-state index in [1.54, 1.807) is 24.3 Å². The largest absolute Gasteiger partial charge is 0.308 e. The van der Waals surface area contributed by atoms with Crippen molar-refractivity contribution in [2.45, 2.75) is 20.8 Å². The Morgan fingerprint density at radius 3 is 1.98 bits per heavy atom. The molecular formula is C37H24N4O2. The van der Waals surface area contributed by atoms with Gasteiger partial charge in [-0.1, -0.05) is 54.1 Å². The molecule has 7 rings (SSSR count). The van der Waals surface area contributed by atoms with Crippen molar-refractivity contribution >= 4 is 39.3 Å². The molecule has 6 aromatic rings. The molecule has 6 heteroatoms. The highest BCUT2D eigenvalue weighted by Crippen LogP contribution is 2.42. The van der Waals surface area contributed by atoms with Crippen molar-refractivity contribution in [3.63, 3.8) is 0 Å². The van der Waals surface area contributed by atoms with Crippen LogP contribution in [0.4, 0.5) is 5.69 Å². The molecule has 0 fully saturated rings. The third-order valence-corrected chi connectivity index (χ3v) is 8.19. The zero-order chi connectivity index (χ0) is 30.0. The standard InChI is InChI=1S/C37H24N4O2/c1-21-14-22(2)35(23(3)15-21)41-36(42)29-10-7-13-32(34(29)37(41)43)40-30-11-5-4-8-28(30)33-27(9-6-12-31(33)40)26-17-24(19-38)16-25(18-26)20-39/h4-18H,1-3H3. The van der Waals surface area contributed by atoms with Gasteiger partial charge in [0, 0.05) is 10.8 Å². The van der Waals surface area contributed by atoms with Gasteiger partial charge in [0.1, 0.15) is 0 Å². The lowest BCUT2D eigenvalue weighted by molar-refractivity contribution is 0.0925. The number of carbonyl (C=O) groups excluding carboxylic acids is 2. The van der Waals surface area contributed by atoms with E-state index in [0.29, 0.717) is 33.6 Å². The maximum Gasteiger partial charge on any atom is 0.268 e. The molecule has 1 aliphatic heterocycles. The van der Waals surface area contributed by atoms with E-state index in [4.69, 9.17) is 0 Å². The normalized spacial score (nSPS) is 12.5. The lowest BCUT2D eigenvalue weighted by Crippen LogP contribution is -2.31. The number of amides is 2. The Labute approximate surface area is 248 Å². The predicted molar refractivity (Wildman–Crippen MR) is 167 cm³/mol. The van der Waals surface area contributed by atoms with E-state index < -0.39 is 0 Å². The van der Waals surface area contributed by atoms with Gasteiger partial charge in [0.05, 0.1) is 56.8 Å². The summed E-state index contributed by atoms with van der Waals surface area (Å²) in [6.45, 7) is 5.85. The van der Waals surface area contributed by atoms with E-state index in [0.717, 1.165) is 49.6 Å². The van der Waals surface area contributed by atoms with Crippen LogP contribution in [0.25, 0.3) is 38.6 Å². The fourth-order valence-corrected chi connectivity index (χ4v) is 6.61. The summed E-state index contributed by atoms with van der Waals surface area (Å²) < 4.78 is 2.04. The van der Waals surface area contributed by atoms with Crippen LogP contribution in [0.5, 0.6) is 0 Å². The van der Waals surface area contributed by atoms with Gasteiger partial charge >= 0.3 is 0 Å². The van der Waals surface area contributed by atoms with Gasteiger partial charge in [-0.25, -0.2) is 4.90 Å². The van der Waals surface area contributed by atoms with Gasteiger partial charge in [0.25, 0.3) is 11.8 Å². The molecule has 1 aromatic heterocycles. The number of rotatable bonds is 3. The third-order valence-electron chi connectivity index (χ3n) is 8.19. The molecule has 204 valence electrons. The van der Waals surface area contributed by atoms with Crippen molar-refractivity contribution in [3.05, 3.63) is 130 Å². The van der Waals surface area contributed by atoms with Crippen LogP contribution in [0.1, 0.15) is 48.5 Å². The van der Waals surface area contributed by atoms with E-state index in [9.17, 15) is 20.1 Å². The minimum absolute atomic E-state index is 0.337. The summed E-state index contributed by atoms with van der Waals surface area (Å²) in [7, 11) is 0. The number of aryl methyl sites for hydroxylation is 3. The average Bonchev–Trinajstić information content (AvgIpc) is 3.48. The number of nitrogens with zero attached hydrogens (tertiary/aromatic N) is 4. The maximum absolute atomic E-state index is 14.2. The fraction of sp³-hybridized carbons (Fsp3) is 0.0811. The Hall–Kier alpha value is -5.98. The van der Waals surface area contributed by atoms with Crippen molar-refractivity contribution in [3.8, 4) is 29.0 Å². The Morgan fingerprint density at radius 1 is 0.651 bits per heavy atom. The number of hydrogen-bond acceptors (Lipinski definition) is 4. The molecule has 2 heterocycles. The first-order valence-electron chi connectivity index (χ1n) is 13.9. The highest BCUT2D eigenvalue weighted by Gasteiger charge is 2.40. The van der Waals surface area contributed by atoms with Crippen molar-refractivity contribution in [2.75, 3.05) is 4.90 Å². The molecule has 0 aliphatic carbocycles. The van der Waals surface area contributed by atoms with Crippen LogP contribution < -0.4 is 4.90 Å². The van der Waals surface area contributed by atoms with Gasteiger partial charge in [0.15, 0.2) is 0 Å². The van der Waals surface area contributed by atoms with E-state index in [-0.39, 0.29) is 11.8 Å². The van der Waals surface area contributed by atoms with Gasteiger partial charge in [0.2, 0.25) is 0 Å². The van der Waals surface area contributed by atoms with Gasteiger partial charge in [-0.2, -0.15) is 10.5 Å². The molecule has 0 spiro atoms. The van der Waals surface area contributed by atoms with E-state index in [2.05, 4.69) is 12.1 Å². The van der Waals surface area contributed by atoms with E-state index >= 15 is 0 Å². The smallest absolute Gasteiger partial charge is 0.268 e. The molecule has 5 aromatic carbocycles. The highest BCUT2D eigenvalue weighted by molar-refractivity contribution is 6.36. The van der Waals surface area contributed by atoms with Crippen LogP contribution in [0, 0.1) is 43.4 Å². The minimum atomic E-state index is -0.354. The van der Waals surface area contributed by atoms with Crippen molar-refractivity contribution in [1.82, 2.24) is 4.57 Å². The maximum atomic E-state index is 14.2. The summed E-state index contributed by atoms with van der Waals surface area (Å²) in [5.74, 6) is -0.691. The summed E-state index contributed by atoms with van der Waals surface area (Å²) in [6.07, 6.45) is 0. The lowest BCUT2D eigenvalue weighted by Gasteiger charge is -2.20. The fourth-order valence-electron chi connectivity index (χ4n) is 6.61. The first-order valence-corrected chi connectivity index (χ1v) is 13.9. The zero-order valence-electron chi connectivity index (χ0n) is 23.8. The topological polar surface area (TPSA) is 89.9 Å². The van der Waals surface area contributed by atoms with E-state index in [1.807, 2.05) is 92.1 Å². The van der Waals surface area contributed by atoms with Crippen molar-refractivity contribution in [1.29, 1.82) is 10.5 Å². The van der Waals surface area contributed by atoms with Crippen LogP contribution >= 0.6 is 0 Å². The lowest BCUT2D eigenvalue weighted by atomic mass is 9.96. The number of anilines is 1. The second kappa shape index (κ2) is 9.55. The van der Waals surface area contributed by atoms with Crippen LogP contribution in [-0.4, -0.2) is 16.4 Å². The molecular weight excluding hydrogens is 532 g/mol. The second-order valence-corrected chi connectivity index (χ2v) is 11.0. The Bertz CT molecular complexity index is 2240. The highest BCUT2D eigenvalue weighted by atomic mass is 16.2. The number of nitriles is 2. The summed E-state index contributed by atoms with van der Waals surface area (Å²) in [5.41, 5.74) is 8.91. The molecule has 0 saturated carbocycles. The molecule has 2 amide bonds. The Kier molecular flexibility index (Phi) is 5.76. The number of hydrogen-bond donors (Lipinski definition) is 0. The molecule has 43 heavy (non-hydrogen) atoms. The van der Waals surface area contributed by atoms with E-state index in [1.165, 1.54) is 4.90 Å². The first kappa shape index (κ1) is 26.0. The second-order valence-electron chi connectivity index (χ2n) is 11.0. The van der Waals surface area contributed by atoms with Crippen molar-refractivity contribution < 1.29 is 9.59 Å². The molecule has 1 aliphatic rings. The Balaban J connectivity index is 1.51. The number of imide groups is 1. The molecule has 0 bridgehead atoms. The van der Waals surface area contributed by atoms with Gasteiger partial charge in [-0.05, 0) is 85.5 Å². The number of benzene rings is 5. The molecule has 0 atom stereocenters. The molecule has 0 N–H and O–H groups in total. The SMILES string of the molecule is Cc1cc(C)c(N2C(=O)c3cccc(-n4c5ccccc5c5c(-c6cc(C#N)cc(C#N)c6)cccc54)c3C2=O)c(C)c1. The van der Waals surface area contributed by atoms with Crippen LogP contribution in [0.3, 0.4) is 0 Å². The summed E-state index contributed by atoms with van der Waals surface area (Å²) >= 11 is 0. The number of fused-ring (bicyclic) bond motifs is 4. The first-order chi connectivity index (χ1) is 20.8. The molecule has 0 saturated heterocycles. The summed E-state index contributed by atoms with van der Waals surface area (Å²) in [6, 6.07) is 32.7. The molecule has 0 radical (unpaired) electrons. The monoisotopic (exact) mass is 556 g/mol. The minimum Gasteiger partial charge on any atom is -0.308 e. The Morgan fingerprint density at radius 2 is 1.28 bits per heavy atom. The van der Waals surface area contributed by atoms with Crippen LogP contribution in [0.2, 0.25) is 0 Å². The van der Waals surface area contributed by atoms with Crippen LogP contribution in [0.15, 0.2) is 91.0 Å². The zero-order valence-corrected chi connectivity index (χ0v) is 23.8. The third kappa shape index (κ3) is 3.78. The number of carbonyl (C=O) groups is 2. The van der Waals surface area contributed by atoms with Gasteiger partial charge in [-0.15, -0.1) is 0 Å². The van der Waals surface area contributed by atoms with Crippen molar-refractivity contribution in [2.24, 2.45) is 0 Å². The van der Waals surface area contributed by atoms with Gasteiger partial charge in [-0.3, -0.25) is 9.59 Å². The van der Waals surface area contributed by atoms with Crippen LogP contribution in [-0.2, 0) is 0 Å². The predicted octanol–water partition coefficient (Wildman–Crippen LogP) is 7.92. The summed E-state index contributed by atoms with van der Waals surface area (Å²) in [4.78, 5) is 29.4. The molecule has 6 nitrogen and oxygen atoms in total. The summed E-state index contributed by atoms with van der Waals surface area (Å²) in [5, 5.41) is 21.1. The number of aromatic nitrogens is 1. The average molecular weight is 557 g/mol. The number of para-hydroxylation sites is 1.